The molecule has 0 radical (unpaired) electrons. The minimum absolute atomic E-state index is 0.0254. The average molecular weight is 388 g/mol. The van der Waals surface area contributed by atoms with Crippen molar-refractivity contribution in [3.63, 3.8) is 0 Å². The first kappa shape index (κ1) is 17.5. The molecule has 1 amide bonds. The molecule has 4 aromatic rings. The van der Waals surface area contributed by atoms with E-state index in [1.807, 2.05) is 35.2 Å². The second-order valence-electron chi connectivity index (χ2n) is 7.09. The van der Waals surface area contributed by atoms with Gasteiger partial charge in [0.15, 0.2) is 5.65 Å². The standard InChI is InChI=1S/C22H20N4O3/c1-28-18-6-4-15(5-7-18)22(27)25-11-8-17(13-25)26-20(16-9-12-29-14-16)24-19-3-2-10-23-21(19)26/h2-7,9-10,12,14,17H,8,11,13H2,1H3/t17-/m1/s1. The Bertz CT molecular complexity index is 1150. The monoisotopic (exact) mass is 388 g/mol. The van der Waals surface area contributed by atoms with Crippen molar-refractivity contribution in [3.05, 3.63) is 66.8 Å². The molecule has 1 aliphatic rings. The Labute approximate surface area is 167 Å². The van der Waals surface area contributed by atoms with E-state index in [0.717, 1.165) is 34.7 Å². The van der Waals surface area contributed by atoms with Crippen molar-refractivity contribution in [3.8, 4) is 17.1 Å². The van der Waals surface area contributed by atoms with Crippen LogP contribution in [0.2, 0.25) is 0 Å². The molecule has 3 aromatic heterocycles. The van der Waals surface area contributed by atoms with E-state index in [9.17, 15) is 4.79 Å². The van der Waals surface area contributed by atoms with E-state index in [1.54, 1.807) is 38.0 Å². The fraction of sp³-hybridized carbons (Fsp3) is 0.227. The van der Waals surface area contributed by atoms with Crippen molar-refractivity contribution in [2.24, 2.45) is 0 Å². The molecule has 7 heteroatoms. The topological polar surface area (TPSA) is 73.4 Å². The summed E-state index contributed by atoms with van der Waals surface area (Å²) in [6.07, 6.45) is 5.94. The van der Waals surface area contributed by atoms with Gasteiger partial charge in [-0.1, -0.05) is 0 Å². The first-order chi connectivity index (χ1) is 14.2. The number of pyridine rings is 1. The third-order valence-corrected chi connectivity index (χ3v) is 5.38. The normalized spacial score (nSPS) is 16.4. The zero-order chi connectivity index (χ0) is 19.8. The Morgan fingerprint density at radius 3 is 2.83 bits per heavy atom. The Hall–Kier alpha value is -3.61. The molecule has 4 heterocycles. The van der Waals surface area contributed by atoms with E-state index < -0.39 is 0 Å². The van der Waals surface area contributed by atoms with Gasteiger partial charge in [0.2, 0.25) is 0 Å². The zero-order valence-electron chi connectivity index (χ0n) is 16.0. The van der Waals surface area contributed by atoms with Gasteiger partial charge in [-0.05, 0) is 48.9 Å². The molecule has 0 aliphatic carbocycles. The molecule has 0 bridgehead atoms. The maximum atomic E-state index is 13.0. The third-order valence-electron chi connectivity index (χ3n) is 5.38. The maximum absolute atomic E-state index is 13.0. The first-order valence-corrected chi connectivity index (χ1v) is 9.53. The molecule has 1 saturated heterocycles. The van der Waals surface area contributed by atoms with Crippen LogP contribution >= 0.6 is 0 Å². The summed E-state index contributed by atoms with van der Waals surface area (Å²) in [6, 6.07) is 13.1. The number of ether oxygens (including phenoxy) is 1. The van der Waals surface area contributed by atoms with Gasteiger partial charge in [0.25, 0.3) is 5.91 Å². The van der Waals surface area contributed by atoms with Crippen LogP contribution in [0.3, 0.4) is 0 Å². The van der Waals surface area contributed by atoms with Gasteiger partial charge in [0.05, 0.1) is 25.0 Å². The minimum atomic E-state index is 0.0254. The molecule has 29 heavy (non-hydrogen) atoms. The van der Waals surface area contributed by atoms with Gasteiger partial charge in [0, 0.05) is 24.8 Å². The highest BCUT2D eigenvalue weighted by Crippen LogP contribution is 2.32. The van der Waals surface area contributed by atoms with Crippen LogP contribution in [0.15, 0.2) is 65.6 Å². The van der Waals surface area contributed by atoms with E-state index in [2.05, 4.69) is 9.55 Å². The Kier molecular flexibility index (Phi) is 4.27. The van der Waals surface area contributed by atoms with Crippen LogP contribution in [0.5, 0.6) is 5.75 Å². The molecule has 146 valence electrons. The van der Waals surface area contributed by atoms with Gasteiger partial charge in [-0.2, -0.15) is 0 Å². The smallest absolute Gasteiger partial charge is 0.253 e. The summed E-state index contributed by atoms with van der Waals surface area (Å²) < 4.78 is 12.6. The maximum Gasteiger partial charge on any atom is 0.253 e. The van der Waals surface area contributed by atoms with Gasteiger partial charge in [-0.15, -0.1) is 0 Å². The number of carbonyl (C=O) groups is 1. The fourth-order valence-electron chi connectivity index (χ4n) is 3.92. The predicted octanol–water partition coefficient (Wildman–Crippen LogP) is 3.79. The number of likely N-dealkylation sites (tertiary alicyclic amines) is 1. The van der Waals surface area contributed by atoms with Crippen LogP contribution in [0.1, 0.15) is 22.8 Å². The summed E-state index contributed by atoms with van der Waals surface area (Å²) >= 11 is 0. The fourth-order valence-corrected chi connectivity index (χ4v) is 3.92. The lowest BCUT2D eigenvalue weighted by Crippen LogP contribution is -2.29. The summed E-state index contributed by atoms with van der Waals surface area (Å²) in [5.74, 6) is 1.58. The second kappa shape index (κ2) is 7.09. The molecule has 1 fully saturated rings. The molecule has 0 spiro atoms. The van der Waals surface area contributed by atoms with Crippen LogP contribution in [0.25, 0.3) is 22.6 Å². The lowest BCUT2D eigenvalue weighted by atomic mass is 10.2. The molecule has 1 aliphatic heterocycles. The number of benzene rings is 1. The number of fused-ring (bicyclic) bond motifs is 1. The van der Waals surface area contributed by atoms with Crippen LogP contribution < -0.4 is 4.74 Å². The molecule has 5 rings (SSSR count). The van der Waals surface area contributed by atoms with Crippen LogP contribution in [0.4, 0.5) is 0 Å². The summed E-state index contributed by atoms with van der Waals surface area (Å²) in [6.45, 7) is 1.30. The van der Waals surface area contributed by atoms with Crippen molar-refractivity contribution in [2.75, 3.05) is 20.2 Å². The van der Waals surface area contributed by atoms with Crippen molar-refractivity contribution in [2.45, 2.75) is 12.5 Å². The highest BCUT2D eigenvalue weighted by Gasteiger charge is 2.31. The van der Waals surface area contributed by atoms with Crippen LogP contribution in [-0.2, 0) is 0 Å². The number of hydrogen-bond donors (Lipinski definition) is 0. The number of carbonyl (C=O) groups excluding carboxylic acids is 1. The van der Waals surface area contributed by atoms with E-state index in [1.165, 1.54) is 0 Å². The highest BCUT2D eigenvalue weighted by molar-refractivity contribution is 5.94. The van der Waals surface area contributed by atoms with Crippen molar-refractivity contribution in [1.82, 2.24) is 19.4 Å². The number of rotatable bonds is 4. The van der Waals surface area contributed by atoms with E-state index in [4.69, 9.17) is 14.1 Å². The minimum Gasteiger partial charge on any atom is -0.497 e. The molecule has 1 aromatic carbocycles. The molecule has 0 saturated carbocycles. The second-order valence-corrected chi connectivity index (χ2v) is 7.09. The van der Waals surface area contributed by atoms with Crippen LogP contribution in [-0.4, -0.2) is 45.5 Å². The van der Waals surface area contributed by atoms with Gasteiger partial charge in [-0.25, -0.2) is 9.97 Å². The molecular weight excluding hydrogens is 368 g/mol. The number of furan rings is 1. The predicted molar refractivity (Wildman–Crippen MR) is 108 cm³/mol. The van der Waals surface area contributed by atoms with E-state index in [0.29, 0.717) is 18.7 Å². The number of nitrogens with zero attached hydrogens (tertiary/aromatic N) is 4. The van der Waals surface area contributed by atoms with Crippen molar-refractivity contribution >= 4 is 17.1 Å². The average Bonchev–Trinajstić information content (AvgIpc) is 3.52. The summed E-state index contributed by atoms with van der Waals surface area (Å²) in [7, 11) is 1.61. The van der Waals surface area contributed by atoms with Gasteiger partial charge in [-0.3, -0.25) is 4.79 Å². The van der Waals surface area contributed by atoms with Crippen LogP contribution in [0, 0.1) is 0 Å². The zero-order valence-corrected chi connectivity index (χ0v) is 16.0. The number of amides is 1. The van der Waals surface area contributed by atoms with E-state index >= 15 is 0 Å². The molecule has 0 unspecified atom stereocenters. The summed E-state index contributed by atoms with van der Waals surface area (Å²) in [4.78, 5) is 24.2. The number of hydrogen-bond acceptors (Lipinski definition) is 5. The lowest BCUT2D eigenvalue weighted by molar-refractivity contribution is 0.0788. The Morgan fingerprint density at radius 1 is 1.21 bits per heavy atom. The molecular formula is C22H20N4O3. The summed E-state index contributed by atoms with van der Waals surface area (Å²) in [5, 5.41) is 0. The lowest BCUT2D eigenvalue weighted by Gasteiger charge is -2.18. The number of methoxy groups -OCH3 is 1. The Morgan fingerprint density at radius 2 is 2.07 bits per heavy atom. The SMILES string of the molecule is COc1ccc(C(=O)N2CC[C@@H](n3c(-c4ccoc4)nc4cccnc43)C2)cc1. The number of imidazole rings is 1. The quantitative estimate of drug-likeness (QED) is 0.532. The largest absolute Gasteiger partial charge is 0.497 e. The van der Waals surface area contributed by atoms with Gasteiger partial charge >= 0.3 is 0 Å². The van der Waals surface area contributed by atoms with E-state index in [-0.39, 0.29) is 11.9 Å². The number of aromatic nitrogens is 3. The summed E-state index contributed by atoms with van der Waals surface area (Å²) in [5.41, 5.74) is 3.23. The molecule has 0 N–H and O–H groups in total. The van der Waals surface area contributed by atoms with Gasteiger partial charge < -0.3 is 18.6 Å². The highest BCUT2D eigenvalue weighted by atomic mass is 16.5. The van der Waals surface area contributed by atoms with Gasteiger partial charge in [0.1, 0.15) is 23.4 Å². The molecule has 1 atom stereocenters. The van der Waals surface area contributed by atoms with Crippen molar-refractivity contribution in [1.29, 1.82) is 0 Å². The Balaban J connectivity index is 1.46. The molecule has 7 nitrogen and oxygen atoms in total. The van der Waals surface area contributed by atoms with Crippen molar-refractivity contribution < 1.29 is 13.9 Å². The third kappa shape index (κ3) is 3.04. The first-order valence-electron chi connectivity index (χ1n) is 9.53.